The third-order valence-electron chi connectivity index (χ3n) is 5.57. The largest absolute Gasteiger partial charge is 0.299 e. The summed E-state index contributed by atoms with van der Waals surface area (Å²) in [6.07, 6.45) is 3.09. The Hall–Kier alpha value is -2.74. The number of ketones is 1. The molecule has 1 fully saturated rings. The van der Waals surface area contributed by atoms with Crippen molar-refractivity contribution in [2.24, 2.45) is 16.3 Å². The highest BCUT2D eigenvalue weighted by atomic mass is 16.1. The Morgan fingerprint density at radius 3 is 2.84 bits per heavy atom. The molecule has 0 amide bonds. The predicted molar refractivity (Wildman–Crippen MR) is 94.8 cm³/mol. The number of carbonyl (C=O) groups excluding carboxylic acids is 1. The van der Waals surface area contributed by atoms with Gasteiger partial charge in [-0.2, -0.15) is 10.4 Å². The highest BCUT2D eigenvalue weighted by Gasteiger charge is 2.52. The maximum Gasteiger partial charge on any atom is 0.151 e. The molecule has 25 heavy (non-hydrogen) atoms. The maximum atomic E-state index is 13.1. The number of hydrogen-bond acceptors (Lipinski definition) is 4. The van der Waals surface area contributed by atoms with Crippen molar-refractivity contribution >= 4 is 17.3 Å². The summed E-state index contributed by atoms with van der Waals surface area (Å²) in [5.74, 6) is 0.632. The van der Waals surface area contributed by atoms with Crippen molar-refractivity contribution in [3.05, 3.63) is 47.2 Å². The third-order valence-corrected chi connectivity index (χ3v) is 5.57. The third kappa shape index (κ3) is 2.25. The zero-order valence-electron chi connectivity index (χ0n) is 14.6. The lowest BCUT2D eigenvalue weighted by molar-refractivity contribution is -0.125. The number of aromatic nitrogens is 2. The summed E-state index contributed by atoms with van der Waals surface area (Å²) in [5.41, 5.74) is 2.74. The molecule has 1 saturated carbocycles. The van der Waals surface area contributed by atoms with Gasteiger partial charge in [0.2, 0.25) is 0 Å². The maximum absolute atomic E-state index is 13.1. The predicted octanol–water partition coefficient (Wildman–Crippen LogP) is 3.68. The lowest BCUT2D eigenvalue weighted by Crippen LogP contribution is -2.50. The van der Waals surface area contributed by atoms with E-state index in [9.17, 15) is 10.1 Å². The van der Waals surface area contributed by atoms with Crippen LogP contribution in [0.5, 0.6) is 0 Å². The molecule has 2 atom stereocenters. The summed E-state index contributed by atoms with van der Waals surface area (Å²) in [6.45, 7) is 6.30. The summed E-state index contributed by atoms with van der Waals surface area (Å²) < 4.78 is 0. The molecular formula is C20H20N4O. The summed E-state index contributed by atoms with van der Waals surface area (Å²) >= 11 is 0. The van der Waals surface area contributed by atoms with Crippen molar-refractivity contribution in [2.45, 2.75) is 39.0 Å². The second-order valence-electron chi connectivity index (χ2n) is 8.05. The van der Waals surface area contributed by atoms with E-state index >= 15 is 0 Å². The average Bonchev–Trinajstić information content (AvgIpc) is 3.02. The van der Waals surface area contributed by atoms with Gasteiger partial charge in [-0.1, -0.05) is 32.9 Å². The van der Waals surface area contributed by atoms with Crippen LogP contribution in [0.3, 0.4) is 0 Å². The van der Waals surface area contributed by atoms with Gasteiger partial charge in [0.1, 0.15) is 5.78 Å². The van der Waals surface area contributed by atoms with Crippen LogP contribution in [0.1, 0.15) is 50.3 Å². The minimum absolute atomic E-state index is 0.0840. The molecule has 2 unspecified atom stereocenters. The van der Waals surface area contributed by atoms with Gasteiger partial charge in [-0.25, -0.2) is 4.99 Å². The molecule has 5 heteroatoms. The van der Waals surface area contributed by atoms with E-state index in [1.807, 2.05) is 18.2 Å². The minimum Gasteiger partial charge on any atom is -0.299 e. The molecular weight excluding hydrogens is 312 g/mol. The monoisotopic (exact) mass is 332 g/mol. The van der Waals surface area contributed by atoms with Crippen LogP contribution in [-0.2, 0) is 10.2 Å². The Kier molecular flexibility index (Phi) is 3.23. The number of hydrogen-bond donors (Lipinski definition) is 1. The van der Waals surface area contributed by atoms with E-state index in [1.54, 1.807) is 12.3 Å². The number of H-pyrrole nitrogens is 1. The molecule has 2 aromatic rings. The Morgan fingerprint density at radius 2 is 2.08 bits per heavy atom. The zero-order valence-corrected chi connectivity index (χ0v) is 14.6. The summed E-state index contributed by atoms with van der Waals surface area (Å²) in [6, 6.07) is 9.74. The van der Waals surface area contributed by atoms with Crippen LogP contribution in [0, 0.1) is 22.7 Å². The number of aromatic amines is 1. The first-order valence-electron chi connectivity index (χ1n) is 8.50. The molecule has 4 rings (SSSR count). The van der Waals surface area contributed by atoms with Gasteiger partial charge in [0.05, 0.1) is 23.7 Å². The van der Waals surface area contributed by atoms with Crippen LogP contribution in [0.2, 0.25) is 0 Å². The fourth-order valence-electron chi connectivity index (χ4n) is 4.45. The first kappa shape index (κ1) is 15.8. The highest BCUT2D eigenvalue weighted by Crippen LogP contribution is 2.51. The van der Waals surface area contributed by atoms with Crippen LogP contribution in [-0.4, -0.2) is 21.7 Å². The molecule has 1 aromatic heterocycles. The number of nitrogens with one attached hydrogen (secondary N) is 1. The number of benzene rings is 1. The van der Waals surface area contributed by atoms with Crippen molar-refractivity contribution in [1.29, 1.82) is 5.26 Å². The van der Waals surface area contributed by atoms with Gasteiger partial charge < -0.3 is 0 Å². The van der Waals surface area contributed by atoms with Gasteiger partial charge >= 0.3 is 0 Å². The van der Waals surface area contributed by atoms with Crippen LogP contribution in [0.15, 0.2) is 35.5 Å². The molecule has 0 bridgehead atoms. The van der Waals surface area contributed by atoms with Gasteiger partial charge in [-0.15, -0.1) is 0 Å². The fraction of sp³-hybridized carbons (Fsp3) is 0.400. The SMILES string of the molecule is CC1(C)CC(=O)C2C(=Nc3[nH]ncc3C2(C)c2cccc(C#N)c2)C1. The average molecular weight is 332 g/mol. The van der Waals surface area contributed by atoms with Crippen LogP contribution < -0.4 is 0 Å². The molecule has 0 radical (unpaired) electrons. The second kappa shape index (κ2) is 5.13. The van der Waals surface area contributed by atoms with Gasteiger partial charge in [0.25, 0.3) is 0 Å². The Morgan fingerprint density at radius 1 is 1.28 bits per heavy atom. The summed E-state index contributed by atoms with van der Waals surface area (Å²) in [4.78, 5) is 17.9. The van der Waals surface area contributed by atoms with Gasteiger partial charge in [-0.3, -0.25) is 9.89 Å². The van der Waals surface area contributed by atoms with Crippen LogP contribution in [0.4, 0.5) is 5.82 Å². The van der Waals surface area contributed by atoms with E-state index in [-0.39, 0.29) is 17.1 Å². The van der Waals surface area contributed by atoms with Crippen molar-refractivity contribution in [1.82, 2.24) is 10.2 Å². The van der Waals surface area contributed by atoms with E-state index in [4.69, 9.17) is 4.99 Å². The number of rotatable bonds is 1. The van der Waals surface area contributed by atoms with Gasteiger partial charge in [0.15, 0.2) is 5.82 Å². The molecule has 1 N–H and O–H groups in total. The first-order valence-corrected chi connectivity index (χ1v) is 8.50. The lowest BCUT2D eigenvalue weighted by atomic mass is 9.57. The van der Waals surface area contributed by atoms with E-state index < -0.39 is 5.41 Å². The normalized spacial score (nSPS) is 27.0. The molecule has 126 valence electrons. The second-order valence-corrected chi connectivity index (χ2v) is 8.05. The Bertz CT molecular complexity index is 947. The Balaban J connectivity index is 1.96. The fourth-order valence-corrected chi connectivity index (χ4v) is 4.45. The molecule has 2 aliphatic rings. The van der Waals surface area contributed by atoms with Crippen molar-refractivity contribution in [3.8, 4) is 6.07 Å². The molecule has 2 heterocycles. The van der Waals surface area contributed by atoms with E-state index in [0.717, 1.165) is 29.1 Å². The smallest absolute Gasteiger partial charge is 0.151 e. The summed E-state index contributed by atoms with van der Waals surface area (Å²) in [5, 5.41) is 16.4. The van der Waals surface area contributed by atoms with E-state index in [1.165, 1.54) is 0 Å². The van der Waals surface area contributed by atoms with Crippen LogP contribution >= 0.6 is 0 Å². The van der Waals surface area contributed by atoms with Crippen molar-refractivity contribution < 1.29 is 4.79 Å². The van der Waals surface area contributed by atoms with Gasteiger partial charge in [0, 0.05) is 23.1 Å². The van der Waals surface area contributed by atoms with Gasteiger partial charge in [-0.05, 0) is 29.5 Å². The molecule has 1 aliphatic heterocycles. The van der Waals surface area contributed by atoms with Crippen LogP contribution in [0.25, 0.3) is 0 Å². The molecule has 1 aliphatic carbocycles. The molecule has 1 aromatic carbocycles. The number of nitrogens with zero attached hydrogens (tertiary/aromatic N) is 3. The topological polar surface area (TPSA) is 81.9 Å². The quantitative estimate of drug-likeness (QED) is 0.865. The van der Waals surface area contributed by atoms with Crippen molar-refractivity contribution in [2.75, 3.05) is 0 Å². The number of Topliss-reactive ketones (excluding diaryl/α,β-unsaturated/α-hetero) is 1. The molecule has 0 spiro atoms. The number of nitriles is 1. The lowest BCUT2D eigenvalue weighted by Gasteiger charge is -2.45. The van der Waals surface area contributed by atoms with E-state index in [2.05, 4.69) is 37.0 Å². The summed E-state index contributed by atoms with van der Waals surface area (Å²) in [7, 11) is 0. The number of aliphatic imine (C=N–C) groups is 1. The minimum atomic E-state index is -0.570. The van der Waals surface area contributed by atoms with Crippen molar-refractivity contribution in [3.63, 3.8) is 0 Å². The van der Waals surface area contributed by atoms with E-state index in [0.29, 0.717) is 12.0 Å². The standard InChI is InChI=1S/C20H20N4O/c1-19(2)8-15-17(16(25)9-19)20(3,14-11-22-24-18(14)23-15)13-6-4-5-12(7-13)10-21/h4-7,11,17H,8-9H2,1-3H3,(H,22,24). The first-order chi connectivity index (χ1) is 11.8. The zero-order chi connectivity index (χ0) is 17.8. The Labute approximate surface area is 146 Å². The number of carbonyl (C=O) groups is 1. The highest BCUT2D eigenvalue weighted by molar-refractivity contribution is 6.11. The molecule has 0 saturated heterocycles. The molecule has 5 nitrogen and oxygen atoms in total. The number of fused-ring (bicyclic) bond motifs is 2.